The van der Waals surface area contributed by atoms with Crippen molar-refractivity contribution in [2.45, 2.75) is 32.7 Å². The number of hydrogen-bond acceptors (Lipinski definition) is 3. The van der Waals surface area contributed by atoms with Crippen molar-refractivity contribution in [3.63, 3.8) is 0 Å². The zero-order valence-electron chi connectivity index (χ0n) is 12.5. The third kappa shape index (κ3) is 3.66. The van der Waals surface area contributed by atoms with Crippen LogP contribution in [0.5, 0.6) is 0 Å². The maximum absolute atomic E-state index is 13.7. The van der Waals surface area contributed by atoms with Gasteiger partial charge in [0.05, 0.1) is 15.9 Å². The monoisotopic (exact) mass is 351 g/mol. The molecule has 1 unspecified atom stereocenters. The molecule has 3 nitrogen and oxygen atoms in total. The van der Waals surface area contributed by atoms with E-state index in [1.165, 1.54) is 6.07 Å². The highest BCUT2D eigenvalue weighted by molar-refractivity contribution is 9.10. The zero-order chi connectivity index (χ0) is 15.4. The van der Waals surface area contributed by atoms with Gasteiger partial charge in [0.25, 0.3) is 0 Å². The fraction of sp³-hybridized carbons (Fsp3) is 0.375. The van der Waals surface area contributed by atoms with E-state index in [-0.39, 0.29) is 11.9 Å². The maximum atomic E-state index is 13.7. The van der Waals surface area contributed by atoms with Crippen molar-refractivity contribution in [2.24, 2.45) is 0 Å². The number of nitrogens with zero attached hydrogens (tertiary/aromatic N) is 2. The second-order valence-corrected chi connectivity index (χ2v) is 5.79. The Hall–Kier alpha value is -1.33. The molecule has 2 aromatic rings. The molecule has 0 amide bonds. The Bertz CT molecular complexity index is 631. The summed E-state index contributed by atoms with van der Waals surface area (Å²) in [6, 6.07) is 7.26. The van der Waals surface area contributed by atoms with Crippen LogP contribution in [0.25, 0.3) is 0 Å². The summed E-state index contributed by atoms with van der Waals surface area (Å²) in [7, 11) is 1.91. The first-order chi connectivity index (χ1) is 10.1. The Morgan fingerprint density at radius 2 is 2.10 bits per heavy atom. The lowest BCUT2D eigenvalue weighted by atomic mass is 9.96. The van der Waals surface area contributed by atoms with Gasteiger partial charge in [-0.25, -0.2) is 4.39 Å². The van der Waals surface area contributed by atoms with Gasteiger partial charge in [-0.15, -0.1) is 0 Å². The van der Waals surface area contributed by atoms with E-state index in [1.807, 2.05) is 20.0 Å². The van der Waals surface area contributed by atoms with Crippen molar-refractivity contribution in [3.8, 4) is 0 Å². The number of likely N-dealkylation sites (N-methyl/N-ethyl adjacent to an activating group) is 1. The molecule has 0 fully saturated rings. The van der Waals surface area contributed by atoms with Crippen molar-refractivity contribution >= 4 is 15.9 Å². The first-order valence-electron chi connectivity index (χ1n) is 7.00. The van der Waals surface area contributed by atoms with Gasteiger partial charge in [-0.2, -0.15) is 10.2 Å². The largest absolute Gasteiger partial charge is 0.313 e. The molecule has 1 heterocycles. The lowest BCUT2D eigenvalue weighted by molar-refractivity contribution is 0.570. The summed E-state index contributed by atoms with van der Waals surface area (Å²) in [6.45, 7) is 3.99. The van der Waals surface area contributed by atoms with Crippen LogP contribution in [0.15, 0.2) is 28.7 Å². The fourth-order valence-electron chi connectivity index (χ4n) is 2.40. The summed E-state index contributed by atoms with van der Waals surface area (Å²) in [5, 5.41) is 11.7. The number of benzene rings is 1. The second kappa shape index (κ2) is 7.09. The van der Waals surface area contributed by atoms with Gasteiger partial charge in [-0.3, -0.25) is 0 Å². The number of aromatic nitrogens is 2. The van der Waals surface area contributed by atoms with E-state index < -0.39 is 0 Å². The average Bonchev–Trinajstić information content (AvgIpc) is 2.49. The first-order valence-corrected chi connectivity index (χ1v) is 7.79. The zero-order valence-corrected chi connectivity index (χ0v) is 14.0. The summed E-state index contributed by atoms with van der Waals surface area (Å²) >= 11 is 3.33. The molecule has 1 atom stereocenters. The summed E-state index contributed by atoms with van der Waals surface area (Å²) < 4.78 is 14.2. The molecule has 0 saturated heterocycles. The van der Waals surface area contributed by atoms with Crippen molar-refractivity contribution in [1.82, 2.24) is 15.5 Å². The number of aryl methyl sites for hydroxylation is 2. The third-order valence-corrected chi connectivity index (χ3v) is 4.43. The van der Waals surface area contributed by atoms with Gasteiger partial charge >= 0.3 is 0 Å². The van der Waals surface area contributed by atoms with E-state index >= 15 is 0 Å². The Morgan fingerprint density at radius 3 is 2.76 bits per heavy atom. The van der Waals surface area contributed by atoms with E-state index in [0.717, 1.165) is 28.9 Å². The van der Waals surface area contributed by atoms with E-state index in [4.69, 9.17) is 0 Å². The molecule has 1 N–H and O–H groups in total. The van der Waals surface area contributed by atoms with Gasteiger partial charge in [0.15, 0.2) is 0 Å². The SMILES string of the molecule is CCc1nnc(C)cc1C(Cc1cccc(F)c1Br)NC. The minimum absolute atomic E-state index is 0.0762. The summed E-state index contributed by atoms with van der Waals surface area (Å²) in [5.41, 5.74) is 3.93. The van der Waals surface area contributed by atoms with E-state index in [9.17, 15) is 4.39 Å². The highest BCUT2D eigenvalue weighted by atomic mass is 79.9. The highest BCUT2D eigenvalue weighted by Gasteiger charge is 2.17. The molecular formula is C16H19BrFN3. The smallest absolute Gasteiger partial charge is 0.137 e. The minimum atomic E-state index is -0.234. The molecule has 5 heteroatoms. The Balaban J connectivity index is 2.36. The normalized spacial score (nSPS) is 12.4. The van der Waals surface area contributed by atoms with Crippen LogP contribution in [-0.2, 0) is 12.8 Å². The molecule has 0 spiro atoms. The molecule has 1 aromatic carbocycles. The van der Waals surface area contributed by atoms with E-state index in [1.54, 1.807) is 6.07 Å². The molecule has 2 rings (SSSR count). The molecule has 0 aliphatic carbocycles. The van der Waals surface area contributed by atoms with Crippen molar-refractivity contribution < 1.29 is 4.39 Å². The van der Waals surface area contributed by atoms with E-state index in [0.29, 0.717) is 10.9 Å². The molecule has 0 saturated carbocycles. The average molecular weight is 352 g/mol. The van der Waals surface area contributed by atoms with Crippen molar-refractivity contribution in [3.05, 3.63) is 57.1 Å². The minimum Gasteiger partial charge on any atom is -0.313 e. The predicted octanol–water partition coefficient (Wildman–Crippen LogP) is 3.75. The van der Waals surface area contributed by atoms with E-state index in [2.05, 4.69) is 44.4 Å². The topological polar surface area (TPSA) is 37.8 Å². The molecular weight excluding hydrogens is 333 g/mol. The Kier molecular flexibility index (Phi) is 5.42. The summed E-state index contributed by atoms with van der Waals surface area (Å²) in [6.07, 6.45) is 1.51. The fourth-order valence-corrected chi connectivity index (χ4v) is 2.83. The van der Waals surface area contributed by atoms with Gasteiger partial charge in [0, 0.05) is 6.04 Å². The second-order valence-electron chi connectivity index (χ2n) is 5.00. The lowest BCUT2D eigenvalue weighted by Gasteiger charge is -2.20. The highest BCUT2D eigenvalue weighted by Crippen LogP contribution is 2.27. The van der Waals surface area contributed by atoms with Crippen LogP contribution in [0, 0.1) is 12.7 Å². The molecule has 1 aromatic heterocycles. The molecule has 0 aliphatic heterocycles. The van der Waals surface area contributed by atoms with Gasteiger partial charge in [-0.1, -0.05) is 19.1 Å². The van der Waals surface area contributed by atoms with Crippen LogP contribution in [0.2, 0.25) is 0 Å². The quantitative estimate of drug-likeness (QED) is 0.891. The number of halogens is 2. The lowest BCUT2D eigenvalue weighted by Crippen LogP contribution is -2.21. The van der Waals surface area contributed by atoms with Gasteiger partial charge < -0.3 is 5.32 Å². The van der Waals surface area contributed by atoms with Crippen LogP contribution < -0.4 is 5.32 Å². The Morgan fingerprint density at radius 1 is 1.33 bits per heavy atom. The van der Waals surface area contributed by atoms with Gasteiger partial charge in [0.1, 0.15) is 5.82 Å². The first kappa shape index (κ1) is 16.0. The molecule has 21 heavy (non-hydrogen) atoms. The Labute approximate surface area is 133 Å². The van der Waals surface area contributed by atoms with Crippen LogP contribution in [0.4, 0.5) is 4.39 Å². The van der Waals surface area contributed by atoms with Crippen LogP contribution in [0.3, 0.4) is 0 Å². The summed E-state index contributed by atoms with van der Waals surface area (Å²) in [4.78, 5) is 0. The van der Waals surface area contributed by atoms with Gasteiger partial charge in [0.2, 0.25) is 0 Å². The van der Waals surface area contributed by atoms with Crippen LogP contribution >= 0.6 is 15.9 Å². The molecule has 0 aliphatic rings. The van der Waals surface area contributed by atoms with Crippen LogP contribution in [0.1, 0.15) is 35.5 Å². The van der Waals surface area contributed by atoms with Gasteiger partial charge in [-0.05, 0) is 66.0 Å². The van der Waals surface area contributed by atoms with Crippen molar-refractivity contribution in [1.29, 1.82) is 0 Å². The number of rotatable bonds is 5. The molecule has 112 valence electrons. The molecule has 0 radical (unpaired) electrons. The number of nitrogens with one attached hydrogen (secondary N) is 1. The number of hydrogen-bond donors (Lipinski definition) is 1. The summed E-state index contributed by atoms with van der Waals surface area (Å²) in [5.74, 6) is -0.234. The third-order valence-electron chi connectivity index (χ3n) is 3.54. The molecule has 0 bridgehead atoms. The van der Waals surface area contributed by atoms with Crippen molar-refractivity contribution in [2.75, 3.05) is 7.05 Å². The maximum Gasteiger partial charge on any atom is 0.137 e. The standard InChI is InChI=1S/C16H19BrFN3/c1-4-14-12(8-10(2)20-21-14)15(19-3)9-11-6-5-7-13(18)16(11)17/h5-8,15,19H,4,9H2,1-3H3. The van der Waals surface area contributed by atoms with Crippen LogP contribution in [-0.4, -0.2) is 17.2 Å². The predicted molar refractivity (Wildman–Crippen MR) is 85.8 cm³/mol.